The summed E-state index contributed by atoms with van der Waals surface area (Å²) in [5, 5.41) is 0. The van der Waals surface area contributed by atoms with E-state index in [0.717, 1.165) is 17.2 Å². The average Bonchev–Trinajstić information content (AvgIpc) is 2.61. The molecule has 116 valence electrons. The van der Waals surface area contributed by atoms with Gasteiger partial charge in [0, 0.05) is 12.6 Å². The van der Waals surface area contributed by atoms with E-state index in [1.165, 1.54) is 6.92 Å². The molecule has 2 aliphatic heterocycles. The number of carbonyl (C=O) groups excluding carboxylic acids is 3. The van der Waals surface area contributed by atoms with Crippen LogP contribution in [0.3, 0.4) is 0 Å². The van der Waals surface area contributed by atoms with Crippen LogP contribution in [0.2, 0.25) is 0 Å². The summed E-state index contributed by atoms with van der Waals surface area (Å²) < 4.78 is 34.5. The van der Waals surface area contributed by atoms with Crippen LogP contribution in [-0.2, 0) is 19.1 Å². The molecule has 3 atom stereocenters. The molecule has 2 heterocycles. The Balaban J connectivity index is 2.36. The predicted octanol–water partition coefficient (Wildman–Crippen LogP) is 1.67. The molecule has 0 bridgehead atoms. The van der Waals surface area contributed by atoms with Gasteiger partial charge < -0.3 is 9.53 Å². The van der Waals surface area contributed by atoms with Crippen molar-refractivity contribution in [2.45, 2.75) is 50.9 Å². The summed E-state index contributed by atoms with van der Waals surface area (Å²) in [4.78, 5) is 34.5. The molecule has 2 aliphatic rings. The SMILES string of the molecule is CC[C@@]1(CC=O)O[C@@H](N2C=CC(=O)CC2=O)C(F)(F)[C@@H]1C. The lowest BCUT2D eigenvalue weighted by Crippen LogP contribution is -2.48. The number of alkyl halides is 2. The number of ether oxygens (including phenoxy) is 1. The van der Waals surface area contributed by atoms with E-state index in [-0.39, 0.29) is 12.8 Å². The van der Waals surface area contributed by atoms with Gasteiger partial charge in [0.25, 0.3) is 5.92 Å². The zero-order valence-electron chi connectivity index (χ0n) is 11.8. The van der Waals surface area contributed by atoms with Crippen molar-refractivity contribution in [2.24, 2.45) is 5.92 Å². The fourth-order valence-electron chi connectivity index (χ4n) is 2.86. The highest BCUT2D eigenvalue weighted by Crippen LogP contribution is 2.51. The van der Waals surface area contributed by atoms with Crippen LogP contribution in [0, 0.1) is 5.92 Å². The lowest BCUT2D eigenvalue weighted by molar-refractivity contribution is -0.174. The number of rotatable bonds is 4. The highest BCUT2D eigenvalue weighted by atomic mass is 19.3. The van der Waals surface area contributed by atoms with Gasteiger partial charge in [-0.1, -0.05) is 13.8 Å². The van der Waals surface area contributed by atoms with Crippen molar-refractivity contribution in [2.75, 3.05) is 0 Å². The molecule has 5 nitrogen and oxygen atoms in total. The molecule has 0 unspecified atom stereocenters. The second kappa shape index (κ2) is 5.29. The molecule has 1 fully saturated rings. The number of carbonyl (C=O) groups is 3. The second-order valence-corrected chi connectivity index (χ2v) is 5.42. The zero-order valence-corrected chi connectivity index (χ0v) is 11.8. The third-order valence-corrected chi connectivity index (χ3v) is 4.36. The summed E-state index contributed by atoms with van der Waals surface area (Å²) in [6.45, 7) is 2.98. The minimum atomic E-state index is -3.31. The number of ketones is 1. The Morgan fingerprint density at radius 2 is 2.14 bits per heavy atom. The van der Waals surface area contributed by atoms with Crippen LogP contribution in [0.1, 0.15) is 33.1 Å². The Morgan fingerprint density at radius 3 is 2.67 bits per heavy atom. The van der Waals surface area contributed by atoms with E-state index in [4.69, 9.17) is 4.74 Å². The van der Waals surface area contributed by atoms with E-state index in [0.29, 0.717) is 6.29 Å². The molecule has 2 rings (SSSR count). The normalized spacial score (nSPS) is 35.3. The van der Waals surface area contributed by atoms with E-state index in [1.54, 1.807) is 6.92 Å². The molecular formula is C14H17F2NO4. The van der Waals surface area contributed by atoms with Gasteiger partial charge in [0.1, 0.15) is 6.29 Å². The summed E-state index contributed by atoms with van der Waals surface area (Å²) in [5.41, 5.74) is -1.30. The van der Waals surface area contributed by atoms with Gasteiger partial charge in [0.05, 0.1) is 17.9 Å². The number of nitrogens with zero attached hydrogens (tertiary/aromatic N) is 1. The maximum absolute atomic E-state index is 14.5. The van der Waals surface area contributed by atoms with Crippen molar-refractivity contribution < 1.29 is 27.9 Å². The van der Waals surface area contributed by atoms with E-state index < -0.39 is 41.8 Å². The van der Waals surface area contributed by atoms with Crippen molar-refractivity contribution in [3.8, 4) is 0 Å². The highest BCUT2D eigenvalue weighted by molar-refractivity contribution is 6.06. The fraction of sp³-hybridized carbons (Fsp3) is 0.643. The lowest BCUT2D eigenvalue weighted by atomic mass is 9.82. The quantitative estimate of drug-likeness (QED) is 0.585. The van der Waals surface area contributed by atoms with Crippen molar-refractivity contribution in [1.29, 1.82) is 0 Å². The fourth-order valence-corrected chi connectivity index (χ4v) is 2.86. The minimum absolute atomic E-state index is 0.165. The van der Waals surface area contributed by atoms with Gasteiger partial charge in [-0.3, -0.25) is 14.5 Å². The number of hydrogen-bond donors (Lipinski definition) is 0. The van der Waals surface area contributed by atoms with Crippen LogP contribution in [0.15, 0.2) is 12.3 Å². The Bertz CT molecular complexity index is 505. The minimum Gasteiger partial charge on any atom is -0.344 e. The standard InChI is InChI=1S/C14H17F2NO4/c1-3-13(5-7-18)9(2)14(15,16)12(21-13)17-6-4-10(19)8-11(17)20/h4,6-7,9,12H,3,5,8H2,1-2H3/t9-,12-,13+/m1/s1. The highest BCUT2D eigenvalue weighted by Gasteiger charge is 2.65. The summed E-state index contributed by atoms with van der Waals surface area (Å²) >= 11 is 0. The van der Waals surface area contributed by atoms with Crippen molar-refractivity contribution in [1.82, 2.24) is 4.90 Å². The Morgan fingerprint density at radius 1 is 1.48 bits per heavy atom. The average molecular weight is 301 g/mol. The van der Waals surface area contributed by atoms with E-state index in [9.17, 15) is 23.2 Å². The van der Waals surface area contributed by atoms with Crippen molar-refractivity contribution in [3.05, 3.63) is 12.3 Å². The van der Waals surface area contributed by atoms with Crippen molar-refractivity contribution >= 4 is 18.0 Å². The second-order valence-electron chi connectivity index (χ2n) is 5.42. The molecule has 0 spiro atoms. The number of halogens is 2. The third-order valence-electron chi connectivity index (χ3n) is 4.36. The molecule has 1 saturated heterocycles. The molecule has 1 amide bonds. The van der Waals surface area contributed by atoms with Crippen molar-refractivity contribution in [3.63, 3.8) is 0 Å². The van der Waals surface area contributed by atoms with Crippen LogP contribution in [0.25, 0.3) is 0 Å². The smallest absolute Gasteiger partial charge is 0.297 e. The monoisotopic (exact) mass is 301 g/mol. The molecule has 0 N–H and O–H groups in total. The molecule has 0 aromatic rings. The first-order valence-electron chi connectivity index (χ1n) is 6.80. The molecule has 0 aromatic carbocycles. The van der Waals surface area contributed by atoms with Gasteiger partial charge in [-0.15, -0.1) is 0 Å². The van der Waals surface area contributed by atoms with Gasteiger partial charge in [-0.25, -0.2) is 8.78 Å². The maximum Gasteiger partial charge on any atom is 0.297 e. The number of hydrogen-bond acceptors (Lipinski definition) is 4. The van der Waals surface area contributed by atoms with Gasteiger partial charge in [-0.05, 0) is 12.5 Å². The first-order valence-corrected chi connectivity index (χ1v) is 6.80. The zero-order chi connectivity index (χ0) is 15.8. The van der Waals surface area contributed by atoms with E-state index in [1.807, 2.05) is 0 Å². The largest absolute Gasteiger partial charge is 0.344 e. The van der Waals surface area contributed by atoms with Gasteiger partial charge in [0.2, 0.25) is 12.1 Å². The first kappa shape index (κ1) is 15.8. The summed E-state index contributed by atoms with van der Waals surface area (Å²) in [7, 11) is 0. The molecule has 7 heteroatoms. The first-order chi connectivity index (χ1) is 9.78. The van der Waals surface area contributed by atoms with E-state index in [2.05, 4.69) is 0 Å². The number of aldehydes is 1. The van der Waals surface area contributed by atoms with Gasteiger partial charge in [-0.2, -0.15) is 0 Å². The third kappa shape index (κ3) is 2.39. The summed E-state index contributed by atoms with van der Waals surface area (Å²) in [6.07, 6.45) is 0.488. The van der Waals surface area contributed by atoms with Gasteiger partial charge >= 0.3 is 0 Å². The van der Waals surface area contributed by atoms with Crippen LogP contribution in [-0.4, -0.2) is 40.6 Å². The molecule has 0 aromatic heterocycles. The molecule has 0 saturated carbocycles. The summed E-state index contributed by atoms with van der Waals surface area (Å²) in [6, 6.07) is 0. The maximum atomic E-state index is 14.5. The summed E-state index contributed by atoms with van der Waals surface area (Å²) in [5.74, 6) is -5.68. The lowest BCUT2D eigenvalue weighted by Gasteiger charge is -2.31. The molecular weight excluding hydrogens is 284 g/mol. The van der Waals surface area contributed by atoms with Gasteiger partial charge in [0.15, 0.2) is 5.78 Å². The van der Waals surface area contributed by atoms with E-state index >= 15 is 0 Å². The van der Waals surface area contributed by atoms with Crippen LogP contribution >= 0.6 is 0 Å². The predicted molar refractivity (Wildman–Crippen MR) is 68.3 cm³/mol. The van der Waals surface area contributed by atoms with Crippen LogP contribution < -0.4 is 0 Å². The Hall–Kier alpha value is -1.63. The van der Waals surface area contributed by atoms with Crippen LogP contribution in [0.4, 0.5) is 8.78 Å². The molecule has 0 aliphatic carbocycles. The molecule has 21 heavy (non-hydrogen) atoms. The molecule has 0 radical (unpaired) electrons. The Labute approximate surface area is 120 Å². The van der Waals surface area contributed by atoms with Crippen LogP contribution in [0.5, 0.6) is 0 Å². The number of allylic oxidation sites excluding steroid dienone is 1. The number of amides is 1. The Kier molecular flexibility index (Phi) is 3.97. The topological polar surface area (TPSA) is 63.7 Å².